The van der Waals surface area contributed by atoms with Gasteiger partial charge in [0.1, 0.15) is 0 Å². The van der Waals surface area contributed by atoms with Crippen molar-refractivity contribution in [1.82, 2.24) is 14.7 Å². The highest BCUT2D eigenvalue weighted by Gasteiger charge is 2.32. The molecule has 3 rings (SSSR count). The van der Waals surface area contributed by atoms with Gasteiger partial charge in [0.15, 0.2) is 5.82 Å². The Morgan fingerprint density at radius 3 is 2.64 bits per heavy atom. The van der Waals surface area contributed by atoms with E-state index < -0.39 is 5.51 Å². The van der Waals surface area contributed by atoms with Crippen LogP contribution in [0, 0.1) is 6.92 Å². The number of nitrogens with one attached hydrogen (secondary N) is 2. The van der Waals surface area contributed by atoms with Gasteiger partial charge in [0.05, 0.1) is 10.5 Å². The molecule has 2 aromatic heterocycles. The van der Waals surface area contributed by atoms with Crippen molar-refractivity contribution in [3.05, 3.63) is 24.0 Å². The first-order valence-electron chi connectivity index (χ1n) is 8.53. The molecule has 2 aromatic rings. The van der Waals surface area contributed by atoms with Crippen LogP contribution in [-0.4, -0.2) is 34.0 Å². The van der Waals surface area contributed by atoms with Crippen LogP contribution in [0.25, 0.3) is 5.52 Å². The molecule has 0 saturated heterocycles. The van der Waals surface area contributed by atoms with Crippen molar-refractivity contribution in [2.75, 3.05) is 12.4 Å². The summed E-state index contributed by atoms with van der Waals surface area (Å²) in [5.41, 5.74) is -3.00. The van der Waals surface area contributed by atoms with Crippen LogP contribution in [0.15, 0.2) is 23.5 Å². The van der Waals surface area contributed by atoms with Crippen molar-refractivity contribution in [3.63, 3.8) is 0 Å². The van der Waals surface area contributed by atoms with Gasteiger partial charge in [-0.15, -0.1) is 0 Å². The number of thioether (sulfide) groups is 1. The Balaban J connectivity index is 1.84. The van der Waals surface area contributed by atoms with Crippen molar-refractivity contribution in [2.45, 2.75) is 61.6 Å². The first-order chi connectivity index (χ1) is 11.9. The quantitative estimate of drug-likeness (QED) is 0.609. The predicted octanol–water partition coefficient (Wildman–Crippen LogP) is 4.59. The monoisotopic (exact) mass is 372 g/mol. The highest BCUT2D eigenvalue weighted by atomic mass is 32.2. The lowest BCUT2D eigenvalue weighted by molar-refractivity contribution is -0.0330. The Bertz CT molecular complexity index is 728. The van der Waals surface area contributed by atoms with E-state index in [1.807, 2.05) is 7.05 Å². The molecule has 0 radical (unpaired) electrons. The zero-order valence-corrected chi connectivity index (χ0v) is 15.2. The second-order valence-corrected chi connectivity index (χ2v) is 7.60. The van der Waals surface area contributed by atoms with E-state index in [4.69, 9.17) is 0 Å². The first kappa shape index (κ1) is 18.4. The molecule has 1 fully saturated rings. The number of aromatic nitrogens is 2. The second kappa shape index (κ2) is 7.45. The molecule has 8 heteroatoms. The fourth-order valence-electron chi connectivity index (χ4n) is 3.49. The summed E-state index contributed by atoms with van der Waals surface area (Å²) >= 11 is -0.0760. The van der Waals surface area contributed by atoms with Crippen molar-refractivity contribution < 1.29 is 13.2 Å². The van der Waals surface area contributed by atoms with Crippen LogP contribution in [0.3, 0.4) is 0 Å². The van der Waals surface area contributed by atoms with Crippen LogP contribution in [0.2, 0.25) is 0 Å². The zero-order valence-electron chi connectivity index (χ0n) is 14.4. The third-order valence-corrected chi connectivity index (χ3v) is 5.70. The highest BCUT2D eigenvalue weighted by molar-refractivity contribution is 8.00. The SMILES string of the molecule is CN[C@H]1CCCC(Nc2nccn3c(SC(F)(F)F)c(C)cc23)CC1. The lowest BCUT2D eigenvalue weighted by Crippen LogP contribution is -2.25. The molecule has 1 saturated carbocycles. The molecule has 25 heavy (non-hydrogen) atoms. The number of hydrogen-bond acceptors (Lipinski definition) is 4. The Hall–Kier alpha value is -1.41. The van der Waals surface area contributed by atoms with Crippen molar-refractivity contribution in [2.24, 2.45) is 0 Å². The minimum Gasteiger partial charge on any atom is -0.366 e. The summed E-state index contributed by atoms with van der Waals surface area (Å²) in [6.45, 7) is 1.70. The molecule has 4 nitrogen and oxygen atoms in total. The van der Waals surface area contributed by atoms with E-state index in [1.54, 1.807) is 29.8 Å². The molecule has 2 N–H and O–H groups in total. The lowest BCUT2D eigenvalue weighted by atomic mass is 10.1. The molecule has 1 aliphatic carbocycles. The number of rotatable bonds is 4. The Morgan fingerprint density at radius 2 is 1.92 bits per heavy atom. The average molecular weight is 372 g/mol. The van der Waals surface area contributed by atoms with Crippen molar-refractivity contribution in [1.29, 1.82) is 0 Å². The smallest absolute Gasteiger partial charge is 0.366 e. The first-order valence-corrected chi connectivity index (χ1v) is 9.35. The number of alkyl halides is 3. The molecule has 1 unspecified atom stereocenters. The van der Waals surface area contributed by atoms with E-state index >= 15 is 0 Å². The topological polar surface area (TPSA) is 41.4 Å². The third kappa shape index (κ3) is 4.41. The predicted molar refractivity (Wildman–Crippen MR) is 95.2 cm³/mol. The maximum absolute atomic E-state index is 12.8. The molecule has 0 bridgehead atoms. The van der Waals surface area contributed by atoms with Crippen LogP contribution < -0.4 is 10.6 Å². The summed E-state index contributed by atoms with van der Waals surface area (Å²) in [7, 11) is 1.99. The molecule has 0 spiro atoms. The summed E-state index contributed by atoms with van der Waals surface area (Å²) in [5, 5.41) is 6.99. The number of nitrogens with zero attached hydrogens (tertiary/aromatic N) is 2. The van der Waals surface area contributed by atoms with Gasteiger partial charge in [-0.25, -0.2) is 4.98 Å². The van der Waals surface area contributed by atoms with Crippen LogP contribution in [-0.2, 0) is 0 Å². The molecule has 2 heterocycles. The number of fused-ring (bicyclic) bond motifs is 1. The van der Waals surface area contributed by atoms with Crippen LogP contribution in [0.1, 0.15) is 37.7 Å². The molecule has 0 aromatic carbocycles. The summed E-state index contributed by atoms with van der Waals surface area (Å²) in [5.74, 6) is 0.660. The minimum absolute atomic E-state index is 0.0760. The van der Waals surface area contributed by atoms with Gasteiger partial charge >= 0.3 is 5.51 Å². The summed E-state index contributed by atoms with van der Waals surface area (Å²) < 4.78 is 40.1. The minimum atomic E-state index is -4.31. The van der Waals surface area contributed by atoms with E-state index in [0.29, 0.717) is 29.0 Å². The maximum atomic E-state index is 12.8. The highest BCUT2D eigenvalue weighted by Crippen LogP contribution is 2.40. The normalized spacial score (nSPS) is 22.1. The van der Waals surface area contributed by atoms with Crippen LogP contribution in [0.4, 0.5) is 19.0 Å². The van der Waals surface area contributed by atoms with Gasteiger partial charge < -0.3 is 15.0 Å². The molecule has 1 aliphatic rings. The maximum Gasteiger partial charge on any atom is 0.447 e. The van der Waals surface area contributed by atoms with Gasteiger partial charge in [0.25, 0.3) is 0 Å². The van der Waals surface area contributed by atoms with E-state index in [2.05, 4.69) is 15.6 Å². The van der Waals surface area contributed by atoms with E-state index in [9.17, 15) is 13.2 Å². The molecular formula is C17H23F3N4S. The van der Waals surface area contributed by atoms with Gasteiger partial charge in [0.2, 0.25) is 0 Å². The molecular weight excluding hydrogens is 349 g/mol. The Kier molecular flexibility index (Phi) is 5.48. The van der Waals surface area contributed by atoms with E-state index in [-0.39, 0.29) is 16.8 Å². The van der Waals surface area contributed by atoms with Crippen LogP contribution >= 0.6 is 11.8 Å². The number of halogens is 3. The molecule has 0 amide bonds. The van der Waals surface area contributed by atoms with Crippen molar-refractivity contribution in [3.8, 4) is 0 Å². The molecule has 2 atom stereocenters. The Morgan fingerprint density at radius 1 is 1.20 bits per heavy atom. The van der Waals surface area contributed by atoms with E-state index in [0.717, 1.165) is 32.1 Å². The van der Waals surface area contributed by atoms with Gasteiger partial charge in [-0.1, -0.05) is 0 Å². The Labute approximate surface area is 149 Å². The van der Waals surface area contributed by atoms with Gasteiger partial charge in [-0.05, 0) is 57.7 Å². The van der Waals surface area contributed by atoms with Gasteiger partial charge in [0, 0.05) is 36.2 Å². The fourth-order valence-corrected chi connectivity index (χ4v) is 4.18. The number of hydrogen-bond donors (Lipinski definition) is 2. The molecule has 138 valence electrons. The van der Waals surface area contributed by atoms with Gasteiger partial charge in [-0.3, -0.25) is 0 Å². The summed E-state index contributed by atoms with van der Waals surface area (Å²) in [6, 6.07) is 2.61. The number of aryl methyl sites for hydroxylation is 1. The zero-order chi connectivity index (χ0) is 18.0. The summed E-state index contributed by atoms with van der Waals surface area (Å²) in [6.07, 6.45) is 8.59. The lowest BCUT2D eigenvalue weighted by Gasteiger charge is -2.18. The largest absolute Gasteiger partial charge is 0.447 e. The average Bonchev–Trinajstić information content (AvgIpc) is 2.73. The fraction of sp³-hybridized carbons (Fsp3) is 0.588. The van der Waals surface area contributed by atoms with Crippen molar-refractivity contribution >= 4 is 23.1 Å². The third-order valence-electron chi connectivity index (χ3n) is 4.76. The summed E-state index contributed by atoms with van der Waals surface area (Å²) in [4.78, 5) is 4.38. The number of anilines is 1. The standard InChI is InChI=1S/C17H23F3N4S/c1-11-10-14-15(23-13-5-3-4-12(21-2)6-7-13)22-8-9-24(14)16(11)25-17(18,19)20/h8-10,12-13,21H,3-7H2,1-2H3,(H,22,23)/t12-,13?/m0/s1. The van der Waals surface area contributed by atoms with E-state index in [1.165, 1.54) is 0 Å². The van der Waals surface area contributed by atoms with Gasteiger partial charge in [-0.2, -0.15) is 13.2 Å². The van der Waals surface area contributed by atoms with Crippen LogP contribution in [0.5, 0.6) is 0 Å². The second-order valence-electron chi connectivity index (χ2n) is 6.55. The molecule has 0 aliphatic heterocycles.